The lowest BCUT2D eigenvalue weighted by Gasteiger charge is -2.22. The van der Waals surface area contributed by atoms with E-state index in [0.29, 0.717) is 16.5 Å². The van der Waals surface area contributed by atoms with E-state index in [9.17, 15) is 4.79 Å². The summed E-state index contributed by atoms with van der Waals surface area (Å²) in [4.78, 5) is 16.7. The van der Waals surface area contributed by atoms with Crippen molar-refractivity contribution in [2.75, 3.05) is 0 Å². The minimum Gasteiger partial charge on any atom is -0.459 e. The van der Waals surface area contributed by atoms with Gasteiger partial charge in [-0.1, -0.05) is 23.2 Å². The number of benzene rings is 1. The minimum absolute atomic E-state index is 0.0666. The number of nitrogens with one attached hydrogen (secondary N) is 2. The molecule has 2 heterocycles. The molecule has 0 aromatic heterocycles. The fourth-order valence-electron chi connectivity index (χ4n) is 2.73. The second-order valence-corrected chi connectivity index (χ2v) is 7.61. The predicted octanol–water partition coefficient (Wildman–Crippen LogP) is 2.74. The number of nitrogens with zero attached hydrogens (tertiary/aromatic N) is 1. The Bertz CT molecular complexity index is 670. The third-order valence-electron chi connectivity index (χ3n) is 3.72. The molecule has 0 amide bonds. The molecule has 5 nitrogen and oxygen atoms in total. The molecule has 0 saturated carbocycles. The summed E-state index contributed by atoms with van der Waals surface area (Å²) in [5, 5.41) is 7.56. The van der Waals surface area contributed by atoms with Crippen LogP contribution in [-0.4, -0.2) is 35.7 Å². The Morgan fingerprint density at radius 2 is 2.04 bits per heavy atom. The molecule has 1 aromatic rings. The van der Waals surface area contributed by atoms with Crippen molar-refractivity contribution in [1.82, 2.24) is 10.6 Å². The first-order valence-corrected chi connectivity index (χ1v) is 8.27. The van der Waals surface area contributed by atoms with Crippen LogP contribution in [0.25, 0.3) is 0 Å². The zero-order chi connectivity index (χ0) is 16.8. The average Bonchev–Trinajstić information content (AvgIpc) is 2.98. The lowest BCUT2D eigenvalue weighted by molar-refractivity contribution is -0.157. The zero-order valence-electron chi connectivity index (χ0n) is 13.2. The van der Waals surface area contributed by atoms with Crippen LogP contribution in [0.5, 0.6) is 0 Å². The quantitative estimate of drug-likeness (QED) is 0.800. The van der Waals surface area contributed by atoms with E-state index < -0.39 is 5.60 Å². The number of amidine groups is 1. The lowest BCUT2D eigenvalue weighted by Crippen LogP contribution is -2.39. The maximum absolute atomic E-state index is 12.1. The summed E-state index contributed by atoms with van der Waals surface area (Å²) in [5.74, 6) is 0.522. The normalized spacial score (nSPS) is 26.5. The number of hydrogen-bond acceptors (Lipinski definition) is 5. The van der Waals surface area contributed by atoms with Gasteiger partial charge in [0.2, 0.25) is 0 Å². The Morgan fingerprint density at radius 3 is 2.65 bits per heavy atom. The van der Waals surface area contributed by atoms with Crippen molar-refractivity contribution in [3.8, 4) is 0 Å². The first kappa shape index (κ1) is 16.6. The molecule has 3 atom stereocenters. The molecule has 1 saturated heterocycles. The third-order valence-corrected chi connectivity index (χ3v) is 4.46. The van der Waals surface area contributed by atoms with Crippen LogP contribution < -0.4 is 10.6 Å². The fourth-order valence-corrected chi connectivity index (χ4v) is 3.03. The molecule has 0 spiro atoms. The van der Waals surface area contributed by atoms with Crippen molar-refractivity contribution in [1.29, 1.82) is 0 Å². The Hall–Kier alpha value is -1.30. The largest absolute Gasteiger partial charge is 0.459 e. The van der Waals surface area contributed by atoms with Crippen molar-refractivity contribution in [2.24, 2.45) is 4.99 Å². The van der Waals surface area contributed by atoms with Gasteiger partial charge in [0.05, 0.1) is 16.1 Å². The second-order valence-electron chi connectivity index (χ2n) is 6.79. The van der Waals surface area contributed by atoms with Crippen molar-refractivity contribution in [2.45, 2.75) is 51.0 Å². The van der Waals surface area contributed by atoms with Crippen LogP contribution in [0.1, 0.15) is 32.8 Å². The number of halogens is 2. The van der Waals surface area contributed by atoms with Gasteiger partial charge in [-0.05, 0) is 45.4 Å². The molecule has 1 aromatic carbocycles. The van der Waals surface area contributed by atoms with Gasteiger partial charge in [0.1, 0.15) is 23.6 Å². The number of aliphatic imine (C=N–C) groups is 1. The molecule has 0 aliphatic carbocycles. The fraction of sp³-hybridized carbons (Fsp3) is 0.500. The summed E-state index contributed by atoms with van der Waals surface area (Å²) in [6, 6.07) is 5.12. The number of fused-ring (bicyclic) bond motifs is 1. The summed E-state index contributed by atoms with van der Waals surface area (Å²) < 4.78 is 5.42. The van der Waals surface area contributed by atoms with Gasteiger partial charge in [-0.25, -0.2) is 4.99 Å². The van der Waals surface area contributed by atoms with Crippen LogP contribution in [0.2, 0.25) is 10.0 Å². The summed E-state index contributed by atoms with van der Waals surface area (Å²) in [6.07, 6.45) is 0.491. The van der Waals surface area contributed by atoms with Gasteiger partial charge < -0.3 is 10.1 Å². The van der Waals surface area contributed by atoms with Crippen LogP contribution in [0, 0.1) is 0 Å². The number of esters is 1. The SMILES string of the molecule is CC(C)(C)OC(=O)C1C[C@H]2NC(c3ccc(Cl)c(Cl)c3)=N[C@@H]2N1. The molecular formula is C16H19Cl2N3O2. The van der Waals surface area contributed by atoms with E-state index in [-0.39, 0.29) is 24.2 Å². The van der Waals surface area contributed by atoms with Crippen LogP contribution in [0.4, 0.5) is 0 Å². The highest BCUT2D eigenvalue weighted by atomic mass is 35.5. The first-order chi connectivity index (χ1) is 10.7. The van der Waals surface area contributed by atoms with Gasteiger partial charge in [-0.15, -0.1) is 0 Å². The van der Waals surface area contributed by atoms with Crippen LogP contribution in [0.15, 0.2) is 23.2 Å². The number of carbonyl (C=O) groups is 1. The molecule has 3 rings (SSSR count). The van der Waals surface area contributed by atoms with E-state index in [1.165, 1.54) is 0 Å². The van der Waals surface area contributed by atoms with E-state index in [1.807, 2.05) is 26.8 Å². The van der Waals surface area contributed by atoms with Crippen LogP contribution in [-0.2, 0) is 9.53 Å². The lowest BCUT2D eigenvalue weighted by atomic mass is 10.1. The molecule has 2 N–H and O–H groups in total. The smallest absolute Gasteiger partial charge is 0.323 e. The highest BCUT2D eigenvalue weighted by molar-refractivity contribution is 6.42. The Morgan fingerprint density at radius 1 is 1.30 bits per heavy atom. The van der Waals surface area contributed by atoms with Crippen LogP contribution in [0.3, 0.4) is 0 Å². The summed E-state index contributed by atoms with van der Waals surface area (Å²) in [5.41, 5.74) is 0.391. The monoisotopic (exact) mass is 355 g/mol. The van der Waals surface area contributed by atoms with Crippen molar-refractivity contribution in [3.63, 3.8) is 0 Å². The molecule has 1 unspecified atom stereocenters. The van der Waals surface area contributed by atoms with E-state index in [4.69, 9.17) is 27.9 Å². The second kappa shape index (κ2) is 5.96. The third kappa shape index (κ3) is 3.62. The van der Waals surface area contributed by atoms with Gasteiger partial charge in [0.25, 0.3) is 0 Å². The molecule has 124 valence electrons. The maximum atomic E-state index is 12.1. The van der Waals surface area contributed by atoms with Gasteiger partial charge in [0.15, 0.2) is 0 Å². The number of ether oxygens (including phenoxy) is 1. The summed E-state index contributed by atoms with van der Waals surface area (Å²) in [7, 11) is 0. The first-order valence-electron chi connectivity index (χ1n) is 7.51. The number of carbonyl (C=O) groups excluding carboxylic acids is 1. The molecule has 2 aliphatic heterocycles. The molecule has 1 fully saturated rings. The van der Waals surface area contributed by atoms with Gasteiger partial charge in [-0.2, -0.15) is 0 Å². The highest BCUT2D eigenvalue weighted by Gasteiger charge is 2.42. The Kier molecular flexibility index (Phi) is 4.29. The van der Waals surface area contributed by atoms with E-state index in [2.05, 4.69) is 15.6 Å². The van der Waals surface area contributed by atoms with Crippen molar-refractivity contribution in [3.05, 3.63) is 33.8 Å². The number of hydrogen-bond donors (Lipinski definition) is 2. The molecule has 2 aliphatic rings. The van der Waals surface area contributed by atoms with Crippen LogP contribution >= 0.6 is 23.2 Å². The topological polar surface area (TPSA) is 62.7 Å². The van der Waals surface area contributed by atoms with E-state index >= 15 is 0 Å². The standard InChI is InChI=1S/C16H19Cl2N3O2/c1-16(2,3)23-15(22)12-7-11-14(20-12)21-13(19-11)8-4-5-9(17)10(18)6-8/h4-6,11-12,14,20H,7H2,1-3H3,(H,19,21)/t11-,12?,14+/m1/s1. The molecule has 7 heteroatoms. The minimum atomic E-state index is -0.488. The molecule has 0 bridgehead atoms. The zero-order valence-corrected chi connectivity index (χ0v) is 14.7. The Labute approximate surface area is 145 Å². The van der Waals surface area contributed by atoms with Crippen molar-refractivity contribution >= 4 is 35.0 Å². The molecule has 23 heavy (non-hydrogen) atoms. The summed E-state index contributed by atoms with van der Waals surface area (Å²) in [6.45, 7) is 5.58. The average molecular weight is 356 g/mol. The van der Waals surface area contributed by atoms with E-state index in [1.54, 1.807) is 12.1 Å². The highest BCUT2D eigenvalue weighted by Crippen LogP contribution is 2.26. The number of rotatable bonds is 2. The Balaban J connectivity index is 1.68. The molecule has 0 radical (unpaired) electrons. The maximum Gasteiger partial charge on any atom is 0.323 e. The predicted molar refractivity (Wildman–Crippen MR) is 91.1 cm³/mol. The molecular weight excluding hydrogens is 337 g/mol. The van der Waals surface area contributed by atoms with Gasteiger partial charge >= 0.3 is 5.97 Å². The van der Waals surface area contributed by atoms with Gasteiger partial charge in [0, 0.05) is 5.56 Å². The summed E-state index contributed by atoms with van der Waals surface area (Å²) >= 11 is 12.0. The van der Waals surface area contributed by atoms with E-state index in [0.717, 1.165) is 11.4 Å². The van der Waals surface area contributed by atoms with Crippen molar-refractivity contribution < 1.29 is 9.53 Å². The van der Waals surface area contributed by atoms with Gasteiger partial charge in [-0.3, -0.25) is 10.1 Å².